The van der Waals surface area contributed by atoms with Crippen molar-refractivity contribution in [1.82, 2.24) is 15.0 Å². The minimum Gasteiger partial charge on any atom is -0.394 e. The van der Waals surface area contributed by atoms with Crippen LogP contribution in [0.1, 0.15) is 25.0 Å². The van der Waals surface area contributed by atoms with Crippen LogP contribution in [0.4, 0.5) is 4.39 Å². The predicted molar refractivity (Wildman–Crippen MR) is 111 cm³/mol. The van der Waals surface area contributed by atoms with Crippen molar-refractivity contribution in [3.05, 3.63) is 60.2 Å². The second kappa shape index (κ2) is 10.8. The van der Waals surface area contributed by atoms with E-state index in [-0.39, 0.29) is 42.5 Å². The molecule has 3 N–H and O–H groups in total. The third kappa shape index (κ3) is 6.79. The van der Waals surface area contributed by atoms with Crippen LogP contribution in [0.3, 0.4) is 0 Å². The lowest BCUT2D eigenvalue weighted by Gasteiger charge is -2.36. The first kappa shape index (κ1) is 23.3. The van der Waals surface area contributed by atoms with Gasteiger partial charge in [0.2, 0.25) is 15.9 Å². The number of halogens is 1. The first-order chi connectivity index (χ1) is 14.9. The fraction of sp³-hybridized carbons (Fsp3) is 0.429. The van der Waals surface area contributed by atoms with Crippen molar-refractivity contribution in [2.75, 3.05) is 13.2 Å². The lowest BCUT2D eigenvalue weighted by molar-refractivity contribution is -0.127. The molecule has 1 aromatic carbocycles. The Morgan fingerprint density at radius 1 is 1.23 bits per heavy atom. The molecule has 2 heterocycles. The van der Waals surface area contributed by atoms with Crippen LogP contribution >= 0.6 is 0 Å². The molecule has 2 aromatic rings. The maximum absolute atomic E-state index is 13.3. The summed E-state index contributed by atoms with van der Waals surface area (Å²) in [6, 6.07) is 9.81. The Balaban J connectivity index is 1.46. The Bertz CT molecular complexity index is 974. The molecular weight excluding hydrogens is 425 g/mol. The van der Waals surface area contributed by atoms with Gasteiger partial charge in [-0.25, -0.2) is 17.5 Å². The van der Waals surface area contributed by atoms with Gasteiger partial charge in [0.05, 0.1) is 30.1 Å². The Hall–Kier alpha value is -2.40. The van der Waals surface area contributed by atoms with Crippen molar-refractivity contribution in [3.63, 3.8) is 0 Å². The molecule has 3 atom stereocenters. The number of aliphatic hydroxyl groups is 1. The zero-order valence-electron chi connectivity index (χ0n) is 16.9. The molecule has 0 aliphatic carbocycles. The minimum absolute atomic E-state index is 0.109. The second-order valence-electron chi connectivity index (χ2n) is 7.37. The van der Waals surface area contributed by atoms with E-state index in [0.717, 1.165) is 6.07 Å². The summed E-state index contributed by atoms with van der Waals surface area (Å²) in [5.41, 5.74) is 0.653. The van der Waals surface area contributed by atoms with E-state index >= 15 is 0 Å². The molecule has 31 heavy (non-hydrogen) atoms. The largest absolute Gasteiger partial charge is 0.394 e. The van der Waals surface area contributed by atoms with Gasteiger partial charge in [-0.05, 0) is 49.6 Å². The molecule has 3 rings (SSSR count). The topological polar surface area (TPSA) is 118 Å². The quantitative estimate of drug-likeness (QED) is 0.527. The maximum Gasteiger partial charge on any atom is 0.240 e. The van der Waals surface area contributed by atoms with Crippen LogP contribution < -0.4 is 10.0 Å². The summed E-state index contributed by atoms with van der Waals surface area (Å²) < 4.78 is 46.1. The highest BCUT2D eigenvalue weighted by molar-refractivity contribution is 7.89. The van der Waals surface area contributed by atoms with Crippen molar-refractivity contribution in [1.29, 1.82) is 0 Å². The SMILES string of the molecule is O=C(Cc1ccccn1)N[C@H]1CC[C@@H](CCNS(=O)(=O)c2cccc(F)c2)O[C@H]1CO. The number of ether oxygens (including phenoxy) is 1. The van der Waals surface area contributed by atoms with Gasteiger partial charge in [-0.15, -0.1) is 0 Å². The molecule has 10 heteroatoms. The summed E-state index contributed by atoms with van der Waals surface area (Å²) in [7, 11) is -3.82. The van der Waals surface area contributed by atoms with Gasteiger partial charge in [-0.3, -0.25) is 9.78 Å². The van der Waals surface area contributed by atoms with Gasteiger partial charge in [0.25, 0.3) is 0 Å². The smallest absolute Gasteiger partial charge is 0.240 e. The highest BCUT2D eigenvalue weighted by Gasteiger charge is 2.32. The Kier molecular flexibility index (Phi) is 8.08. The number of benzene rings is 1. The third-order valence-electron chi connectivity index (χ3n) is 5.07. The van der Waals surface area contributed by atoms with Crippen molar-refractivity contribution in [2.45, 2.75) is 48.8 Å². The van der Waals surface area contributed by atoms with Crippen LogP contribution in [-0.2, 0) is 26.0 Å². The third-order valence-corrected chi connectivity index (χ3v) is 6.53. The summed E-state index contributed by atoms with van der Waals surface area (Å²) >= 11 is 0. The number of hydrogen-bond donors (Lipinski definition) is 3. The summed E-state index contributed by atoms with van der Waals surface area (Å²) in [4.78, 5) is 16.3. The number of nitrogens with one attached hydrogen (secondary N) is 2. The van der Waals surface area contributed by atoms with Crippen LogP contribution in [0.5, 0.6) is 0 Å². The van der Waals surface area contributed by atoms with Gasteiger partial charge in [-0.1, -0.05) is 12.1 Å². The summed E-state index contributed by atoms with van der Waals surface area (Å²) in [6.45, 7) is -0.154. The standard InChI is InChI=1S/C21H26FN3O5S/c22-15-4-3-6-18(12-15)31(28,29)24-11-9-17-7-8-19(20(14-26)30-17)25-21(27)13-16-5-1-2-10-23-16/h1-6,10,12,17,19-20,24,26H,7-9,11,13-14H2,(H,25,27)/t17-,19-,20-/m0/s1. The summed E-state index contributed by atoms with van der Waals surface area (Å²) in [5, 5.41) is 12.6. The van der Waals surface area contributed by atoms with Crippen LogP contribution in [0.2, 0.25) is 0 Å². The van der Waals surface area contributed by atoms with E-state index in [1.807, 2.05) is 6.07 Å². The average molecular weight is 452 g/mol. The van der Waals surface area contributed by atoms with E-state index in [2.05, 4.69) is 15.0 Å². The number of sulfonamides is 1. The molecule has 0 spiro atoms. The molecule has 0 unspecified atom stereocenters. The van der Waals surface area contributed by atoms with Crippen molar-refractivity contribution >= 4 is 15.9 Å². The first-order valence-electron chi connectivity index (χ1n) is 10.1. The van der Waals surface area contributed by atoms with Crippen molar-refractivity contribution < 1.29 is 27.4 Å². The van der Waals surface area contributed by atoms with Gasteiger partial charge in [0.15, 0.2) is 0 Å². The Morgan fingerprint density at radius 3 is 2.77 bits per heavy atom. The monoisotopic (exact) mass is 451 g/mol. The Morgan fingerprint density at radius 2 is 2.06 bits per heavy atom. The van der Waals surface area contributed by atoms with Gasteiger partial charge in [0.1, 0.15) is 11.9 Å². The number of amides is 1. The lowest BCUT2D eigenvalue weighted by Crippen LogP contribution is -2.51. The van der Waals surface area contributed by atoms with E-state index in [4.69, 9.17) is 4.74 Å². The molecule has 0 radical (unpaired) electrons. The normalized spacial score (nSPS) is 21.5. The van der Waals surface area contributed by atoms with E-state index in [9.17, 15) is 22.7 Å². The number of pyridine rings is 1. The zero-order valence-corrected chi connectivity index (χ0v) is 17.7. The van der Waals surface area contributed by atoms with Gasteiger partial charge in [0, 0.05) is 18.4 Å². The molecule has 168 valence electrons. The maximum atomic E-state index is 13.3. The van der Waals surface area contributed by atoms with Crippen molar-refractivity contribution in [2.24, 2.45) is 0 Å². The molecule has 1 aliphatic rings. The fourth-order valence-electron chi connectivity index (χ4n) is 3.51. The van der Waals surface area contributed by atoms with Crippen LogP contribution in [-0.4, -0.2) is 55.8 Å². The summed E-state index contributed by atoms with van der Waals surface area (Å²) in [6.07, 6.45) is 2.51. The highest BCUT2D eigenvalue weighted by Crippen LogP contribution is 2.22. The van der Waals surface area contributed by atoms with E-state index in [1.54, 1.807) is 18.3 Å². The molecule has 1 amide bonds. The van der Waals surface area contributed by atoms with Gasteiger partial charge >= 0.3 is 0 Å². The summed E-state index contributed by atoms with van der Waals surface area (Å²) in [5.74, 6) is -0.826. The zero-order chi connectivity index (χ0) is 22.3. The molecule has 0 bridgehead atoms. The number of carbonyl (C=O) groups is 1. The molecule has 1 fully saturated rings. The predicted octanol–water partition coefficient (Wildman–Crippen LogP) is 1.16. The van der Waals surface area contributed by atoms with Crippen LogP contribution in [0.15, 0.2) is 53.6 Å². The molecule has 1 saturated heterocycles. The van der Waals surface area contributed by atoms with Gasteiger partial charge in [-0.2, -0.15) is 0 Å². The molecule has 8 nitrogen and oxygen atoms in total. The average Bonchev–Trinajstić information content (AvgIpc) is 2.75. The number of hydrogen-bond acceptors (Lipinski definition) is 6. The number of carbonyl (C=O) groups excluding carboxylic acids is 1. The molecular formula is C21H26FN3O5S. The first-order valence-corrected chi connectivity index (χ1v) is 11.6. The van der Waals surface area contributed by atoms with Crippen LogP contribution in [0.25, 0.3) is 0 Å². The Labute approximate surface area is 180 Å². The number of aromatic nitrogens is 1. The number of aliphatic hydroxyl groups excluding tert-OH is 1. The van der Waals surface area contributed by atoms with E-state index in [0.29, 0.717) is 25.0 Å². The van der Waals surface area contributed by atoms with E-state index in [1.165, 1.54) is 18.2 Å². The number of nitrogens with zero attached hydrogens (tertiary/aromatic N) is 1. The minimum atomic E-state index is -3.82. The lowest BCUT2D eigenvalue weighted by atomic mass is 9.97. The molecule has 1 aliphatic heterocycles. The second-order valence-corrected chi connectivity index (χ2v) is 9.14. The van der Waals surface area contributed by atoms with Crippen LogP contribution in [0, 0.1) is 5.82 Å². The molecule has 0 saturated carbocycles. The van der Waals surface area contributed by atoms with E-state index < -0.39 is 21.9 Å². The highest BCUT2D eigenvalue weighted by atomic mass is 32.2. The van der Waals surface area contributed by atoms with Gasteiger partial charge < -0.3 is 15.2 Å². The fourth-order valence-corrected chi connectivity index (χ4v) is 4.58. The van der Waals surface area contributed by atoms with Crippen molar-refractivity contribution in [3.8, 4) is 0 Å². The molecule has 1 aromatic heterocycles. The number of rotatable bonds is 9.